The van der Waals surface area contributed by atoms with E-state index in [0.717, 1.165) is 25.8 Å². The van der Waals surface area contributed by atoms with Crippen LogP contribution in [0.5, 0.6) is 0 Å². The third-order valence-corrected chi connectivity index (χ3v) is 8.59. The van der Waals surface area contributed by atoms with Crippen molar-refractivity contribution >= 4 is 37.9 Å². The van der Waals surface area contributed by atoms with Crippen molar-refractivity contribution in [3.63, 3.8) is 0 Å². The van der Waals surface area contributed by atoms with Crippen LogP contribution in [-0.2, 0) is 0 Å². The Hall–Kier alpha value is -3.94. The topological polar surface area (TPSA) is 21.9 Å². The molecule has 0 saturated carbocycles. The molecule has 5 aromatic carbocycles. The quantitative estimate of drug-likeness (QED) is 0.203. The van der Waals surface area contributed by atoms with Gasteiger partial charge in [-0.2, -0.15) is 0 Å². The van der Waals surface area contributed by atoms with Gasteiger partial charge in [-0.25, -0.2) is 0 Å². The van der Waals surface area contributed by atoms with E-state index in [2.05, 4.69) is 115 Å². The van der Waals surface area contributed by atoms with Crippen molar-refractivity contribution in [1.29, 1.82) is 0 Å². The first-order valence-electron chi connectivity index (χ1n) is 13.6. The van der Waals surface area contributed by atoms with Crippen LogP contribution in [-0.4, -0.2) is 6.54 Å². The Bertz CT molecular complexity index is 1790. The fourth-order valence-electron chi connectivity index (χ4n) is 6.58. The molecular formula is C36H29N. The molecule has 2 atom stereocenters. The van der Waals surface area contributed by atoms with Crippen LogP contribution in [0.15, 0.2) is 109 Å². The van der Waals surface area contributed by atoms with Crippen LogP contribution >= 0.6 is 0 Å². The van der Waals surface area contributed by atoms with Gasteiger partial charge in [0, 0.05) is 18.5 Å². The van der Waals surface area contributed by atoms with Crippen LogP contribution in [0.2, 0.25) is 0 Å². The predicted molar refractivity (Wildman–Crippen MR) is 158 cm³/mol. The number of benzene rings is 5. The number of hydrogen-bond donors (Lipinski definition) is 1. The first-order valence-corrected chi connectivity index (χ1v) is 13.6. The van der Waals surface area contributed by atoms with E-state index in [1.807, 2.05) is 0 Å². The summed E-state index contributed by atoms with van der Waals surface area (Å²) < 4.78 is 0. The molecule has 37 heavy (non-hydrogen) atoms. The molecule has 0 radical (unpaired) electrons. The Morgan fingerprint density at radius 2 is 1.51 bits per heavy atom. The maximum atomic E-state index is 3.42. The average Bonchev–Trinajstić information content (AvgIpc) is 3.82. The van der Waals surface area contributed by atoms with Gasteiger partial charge in [0.2, 0.25) is 0 Å². The Labute approximate surface area is 217 Å². The Morgan fingerprint density at radius 1 is 0.703 bits per heavy atom. The summed E-state index contributed by atoms with van der Waals surface area (Å²) >= 11 is 0. The average molecular weight is 476 g/mol. The molecular weight excluding hydrogens is 446 g/mol. The largest absolute Gasteiger partial charge is 0.307 e. The zero-order valence-corrected chi connectivity index (χ0v) is 20.9. The lowest BCUT2D eigenvalue weighted by molar-refractivity contribution is 0.862. The maximum absolute atomic E-state index is 3.42. The van der Waals surface area contributed by atoms with Gasteiger partial charge < -0.3 is 5.32 Å². The molecule has 2 unspecified atom stereocenters. The molecule has 1 nitrogen and oxygen atoms in total. The molecule has 0 amide bonds. The molecule has 2 aliphatic carbocycles. The van der Waals surface area contributed by atoms with Gasteiger partial charge >= 0.3 is 0 Å². The van der Waals surface area contributed by atoms with E-state index in [0.29, 0.717) is 12.0 Å². The standard InChI is InChI=1S/C36H29N/c1-3-7-23(8-4-1)32-21-33(24-9-5-2-6-10-24)31-20-19-29-28(25-11-13-26(14-12-25)34-22-37-34)17-15-27-16-18-30(32)36(31)35(27)29/h1-3,5-7,9,11-21,24,34,37H,4,8,10,22H2. The zero-order chi connectivity index (χ0) is 24.3. The number of allylic oxidation sites excluding steroid dienone is 8. The molecule has 1 N–H and O–H groups in total. The minimum Gasteiger partial charge on any atom is -0.307 e. The third kappa shape index (κ3) is 3.42. The van der Waals surface area contributed by atoms with E-state index < -0.39 is 0 Å². The molecule has 0 bridgehead atoms. The lowest BCUT2D eigenvalue weighted by atomic mass is 9.80. The zero-order valence-electron chi connectivity index (χ0n) is 20.9. The molecule has 0 spiro atoms. The lowest BCUT2D eigenvalue weighted by Crippen LogP contribution is -2.02. The summed E-state index contributed by atoms with van der Waals surface area (Å²) in [6, 6.07) is 26.4. The first-order chi connectivity index (χ1) is 18.3. The van der Waals surface area contributed by atoms with Crippen molar-refractivity contribution in [1.82, 2.24) is 5.32 Å². The van der Waals surface area contributed by atoms with Crippen molar-refractivity contribution < 1.29 is 0 Å². The second-order valence-corrected chi connectivity index (χ2v) is 10.8. The van der Waals surface area contributed by atoms with Crippen LogP contribution < -0.4 is 5.32 Å². The summed E-state index contributed by atoms with van der Waals surface area (Å²) in [6.45, 7) is 1.10. The monoisotopic (exact) mass is 475 g/mol. The normalized spacial score (nSPS) is 20.8. The minimum atomic E-state index is 0.413. The fourth-order valence-corrected chi connectivity index (χ4v) is 6.58. The summed E-state index contributed by atoms with van der Waals surface area (Å²) in [7, 11) is 0. The van der Waals surface area contributed by atoms with Gasteiger partial charge in [-0.15, -0.1) is 0 Å². The summed E-state index contributed by atoms with van der Waals surface area (Å²) in [5.41, 5.74) is 8.34. The highest BCUT2D eigenvalue weighted by atomic mass is 15.1. The summed E-state index contributed by atoms with van der Waals surface area (Å²) in [6.07, 6.45) is 19.2. The molecule has 1 heterocycles. The third-order valence-electron chi connectivity index (χ3n) is 8.59. The van der Waals surface area contributed by atoms with Gasteiger partial charge in [0.15, 0.2) is 0 Å². The molecule has 178 valence electrons. The summed E-state index contributed by atoms with van der Waals surface area (Å²) in [5.74, 6) is 0.413. The molecule has 5 aromatic rings. The van der Waals surface area contributed by atoms with Gasteiger partial charge in [-0.3, -0.25) is 0 Å². The van der Waals surface area contributed by atoms with Crippen molar-refractivity contribution in [2.45, 2.75) is 31.2 Å². The Morgan fingerprint density at radius 3 is 2.30 bits per heavy atom. The number of nitrogens with one attached hydrogen (secondary N) is 1. The second kappa shape index (κ2) is 8.30. The lowest BCUT2D eigenvalue weighted by Gasteiger charge is -2.23. The van der Waals surface area contributed by atoms with Crippen molar-refractivity contribution in [2.75, 3.05) is 6.54 Å². The molecule has 3 aliphatic rings. The van der Waals surface area contributed by atoms with Crippen LogP contribution in [0.3, 0.4) is 0 Å². The van der Waals surface area contributed by atoms with Crippen LogP contribution in [0.4, 0.5) is 0 Å². The Kier molecular flexibility index (Phi) is 4.75. The molecule has 1 saturated heterocycles. The Balaban J connectivity index is 1.42. The fraction of sp³-hybridized carbons (Fsp3) is 0.167. The molecule has 1 aliphatic heterocycles. The van der Waals surface area contributed by atoms with Crippen molar-refractivity contribution in [2.24, 2.45) is 0 Å². The highest BCUT2D eigenvalue weighted by Gasteiger charge is 2.23. The van der Waals surface area contributed by atoms with Gasteiger partial charge in [0.25, 0.3) is 0 Å². The molecule has 1 fully saturated rings. The van der Waals surface area contributed by atoms with Crippen molar-refractivity contribution in [3.05, 3.63) is 126 Å². The summed E-state index contributed by atoms with van der Waals surface area (Å²) in [5, 5.41) is 11.7. The molecule has 8 rings (SSSR count). The number of rotatable bonds is 4. The van der Waals surface area contributed by atoms with Crippen LogP contribution in [0.1, 0.15) is 47.9 Å². The van der Waals surface area contributed by atoms with Gasteiger partial charge in [-0.05, 0) is 91.0 Å². The molecule has 0 aromatic heterocycles. The SMILES string of the molecule is C1=CCCC(c2cc(C3C=CC=CC3)c3ccc4c(-c5ccc(C6CN6)cc5)ccc5ccc2c3c54)=C1. The van der Waals surface area contributed by atoms with E-state index >= 15 is 0 Å². The van der Waals surface area contributed by atoms with E-state index in [-0.39, 0.29) is 0 Å². The second-order valence-electron chi connectivity index (χ2n) is 10.8. The van der Waals surface area contributed by atoms with Crippen LogP contribution in [0.25, 0.3) is 49.0 Å². The summed E-state index contributed by atoms with van der Waals surface area (Å²) in [4.78, 5) is 0. The van der Waals surface area contributed by atoms with Gasteiger partial charge in [0.05, 0.1) is 0 Å². The maximum Gasteiger partial charge on any atom is 0.0447 e. The van der Waals surface area contributed by atoms with E-state index in [4.69, 9.17) is 0 Å². The van der Waals surface area contributed by atoms with Gasteiger partial charge in [0.1, 0.15) is 0 Å². The predicted octanol–water partition coefficient (Wildman–Crippen LogP) is 9.23. The highest BCUT2D eigenvalue weighted by molar-refractivity contribution is 6.27. The van der Waals surface area contributed by atoms with E-state index in [9.17, 15) is 0 Å². The van der Waals surface area contributed by atoms with Crippen LogP contribution in [0, 0.1) is 0 Å². The molecule has 1 heteroatoms. The first kappa shape index (κ1) is 21.2. The highest BCUT2D eigenvalue weighted by Crippen LogP contribution is 2.45. The van der Waals surface area contributed by atoms with Crippen molar-refractivity contribution in [3.8, 4) is 11.1 Å². The van der Waals surface area contributed by atoms with E-state index in [1.54, 1.807) is 0 Å². The minimum absolute atomic E-state index is 0.413. The number of hydrogen-bond acceptors (Lipinski definition) is 1. The van der Waals surface area contributed by atoms with Gasteiger partial charge in [-0.1, -0.05) is 103 Å². The van der Waals surface area contributed by atoms with E-state index in [1.165, 1.54) is 65.7 Å². The smallest absolute Gasteiger partial charge is 0.0447 e.